The van der Waals surface area contributed by atoms with Crippen LogP contribution in [0.5, 0.6) is 0 Å². The Balaban J connectivity index is 2.46. The molecule has 0 spiro atoms. The van der Waals surface area contributed by atoms with Crippen LogP contribution >= 0.6 is 0 Å². The van der Waals surface area contributed by atoms with Crippen LogP contribution in [-0.4, -0.2) is 57.9 Å². The number of aliphatic hydroxyl groups is 2. The number of rotatable bonds is 4. The lowest BCUT2D eigenvalue weighted by Crippen LogP contribution is -2.37. The van der Waals surface area contributed by atoms with Gasteiger partial charge in [0.15, 0.2) is 6.10 Å². The van der Waals surface area contributed by atoms with E-state index in [0.717, 1.165) is 0 Å². The van der Waals surface area contributed by atoms with Gasteiger partial charge in [0, 0.05) is 25.5 Å². The van der Waals surface area contributed by atoms with Crippen LogP contribution < -0.4 is 0 Å². The van der Waals surface area contributed by atoms with Gasteiger partial charge in [-0.3, -0.25) is 4.79 Å². The second-order valence-corrected chi connectivity index (χ2v) is 3.41. The molecule has 1 aliphatic heterocycles. The fourth-order valence-corrected chi connectivity index (χ4v) is 1.44. The first kappa shape index (κ1) is 10.9. The highest BCUT2D eigenvalue weighted by Crippen LogP contribution is 2.16. The van der Waals surface area contributed by atoms with E-state index >= 15 is 0 Å². The van der Waals surface area contributed by atoms with E-state index in [1.165, 1.54) is 4.90 Å². The number of nitrogens with zero attached hydrogens (tertiary/aromatic N) is 1. The fourth-order valence-electron chi connectivity index (χ4n) is 1.44. The van der Waals surface area contributed by atoms with E-state index < -0.39 is 12.1 Å². The van der Waals surface area contributed by atoms with Crippen LogP contribution in [0.15, 0.2) is 0 Å². The highest BCUT2D eigenvalue weighted by atomic mass is 16.4. The number of aliphatic carboxylic acids is 1. The Hall–Kier alpha value is -1.14. The molecule has 0 aromatic carbocycles. The minimum Gasteiger partial charge on any atom is -0.479 e. The molecule has 1 fully saturated rings. The monoisotopic (exact) mass is 203 g/mol. The average Bonchev–Trinajstić information content (AvgIpc) is 2.47. The van der Waals surface area contributed by atoms with Crippen LogP contribution in [0.2, 0.25) is 0 Å². The van der Waals surface area contributed by atoms with E-state index in [2.05, 4.69) is 0 Å². The van der Waals surface area contributed by atoms with Crippen LogP contribution in [0.1, 0.15) is 6.42 Å². The third-order valence-electron chi connectivity index (χ3n) is 2.23. The number of β-amino-alcohol motifs (C(OH)–C–C–N with tert-alkyl or cyclic N) is 1. The molecule has 0 saturated carbocycles. The largest absolute Gasteiger partial charge is 0.479 e. The molecule has 14 heavy (non-hydrogen) atoms. The van der Waals surface area contributed by atoms with Crippen molar-refractivity contribution in [2.24, 2.45) is 5.92 Å². The quantitative estimate of drug-likeness (QED) is 0.504. The molecule has 80 valence electrons. The Morgan fingerprint density at radius 1 is 1.64 bits per heavy atom. The predicted molar refractivity (Wildman–Crippen MR) is 45.4 cm³/mol. The van der Waals surface area contributed by atoms with Gasteiger partial charge in [0.1, 0.15) is 0 Å². The zero-order valence-corrected chi connectivity index (χ0v) is 7.59. The van der Waals surface area contributed by atoms with E-state index in [1.54, 1.807) is 0 Å². The summed E-state index contributed by atoms with van der Waals surface area (Å²) < 4.78 is 0. The number of aliphatic hydroxyl groups excluding tert-OH is 2. The SMILES string of the molecule is O=C(O)[C@@H](O)CN1CC(CO)CC1=O. The van der Waals surface area contributed by atoms with Gasteiger partial charge in [-0.05, 0) is 0 Å². The van der Waals surface area contributed by atoms with Gasteiger partial charge in [-0.25, -0.2) is 4.79 Å². The molecule has 1 unspecified atom stereocenters. The molecule has 6 heteroatoms. The molecule has 6 nitrogen and oxygen atoms in total. The van der Waals surface area contributed by atoms with Gasteiger partial charge in [-0.2, -0.15) is 0 Å². The van der Waals surface area contributed by atoms with Crippen LogP contribution in [0.3, 0.4) is 0 Å². The number of carbonyl (C=O) groups is 2. The maximum atomic E-state index is 11.2. The van der Waals surface area contributed by atoms with Crippen LogP contribution in [0.4, 0.5) is 0 Å². The molecule has 0 aliphatic carbocycles. The minimum atomic E-state index is -1.55. The van der Waals surface area contributed by atoms with Gasteiger partial charge in [-0.1, -0.05) is 0 Å². The maximum Gasteiger partial charge on any atom is 0.334 e. The van der Waals surface area contributed by atoms with Crippen molar-refractivity contribution in [2.45, 2.75) is 12.5 Å². The molecule has 1 aliphatic rings. The van der Waals surface area contributed by atoms with Crippen LogP contribution in [-0.2, 0) is 9.59 Å². The molecule has 3 N–H and O–H groups in total. The van der Waals surface area contributed by atoms with Crippen molar-refractivity contribution in [3.63, 3.8) is 0 Å². The van der Waals surface area contributed by atoms with Crippen molar-refractivity contribution in [3.05, 3.63) is 0 Å². The Labute approximate surface area is 80.8 Å². The molecule has 0 bridgehead atoms. The number of hydrogen-bond donors (Lipinski definition) is 3. The van der Waals surface area contributed by atoms with Crippen molar-refractivity contribution >= 4 is 11.9 Å². The molecule has 1 heterocycles. The van der Waals surface area contributed by atoms with E-state index in [9.17, 15) is 9.59 Å². The van der Waals surface area contributed by atoms with Gasteiger partial charge in [0.05, 0.1) is 6.54 Å². The summed E-state index contributed by atoms with van der Waals surface area (Å²) in [7, 11) is 0. The van der Waals surface area contributed by atoms with Crippen molar-refractivity contribution in [1.82, 2.24) is 4.90 Å². The molecule has 1 saturated heterocycles. The van der Waals surface area contributed by atoms with Gasteiger partial charge in [0.25, 0.3) is 0 Å². The molecule has 1 amide bonds. The second-order valence-electron chi connectivity index (χ2n) is 3.41. The molecule has 1 rings (SSSR count). The number of carboxylic acids is 1. The number of carboxylic acid groups (broad SMARTS) is 1. The lowest BCUT2D eigenvalue weighted by molar-refractivity contribution is -0.148. The zero-order chi connectivity index (χ0) is 10.7. The molecule has 0 aromatic rings. The topological polar surface area (TPSA) is 98.1 Å². The molecular weight excluding hydrogens is 190 g/mol. The lowest BCUT2D eigenvalue weighted by Gasteiger charge is -2.17. The van der Waals surface area contributed by atoms with Crippen molar-refractivity contribution < 1.29 is 24.9 Å². The second kappa shape index (κ2) is 4.39. The van der Waals surface area contributed by atoms with Crippen LogP contribution in [0, 0.1) is 5.92 Å². The lowest BCUT2D eigenvalue weighted by atomic mass is 10.1. The van der Waals surface area contributed by atoms with Gasteiger partial charge in [-0.15, -0.1) is 0 Å². The molecular formula is C8H13NO5. The summed E-state index contributed by atoms with van der Waals surface area (Å²) in [5.74, 6) is -1.70. The maximum absolute atomic E-state index is 11.2. The highest BCUT2D eigenvalue weighted by molar-refractivity contribution is 5.80. The van der Waals surface area contributed by atoms with Crippen molar-refractivity contribution in [2.75, 3.05) is 19.7 Å². The smallest absolute Gasteiger partial charge is 0.334 e. The first-order valence-corrected chi connectivity index (χ1v) is 4.34. The Morgan fingerprint density at radius 3 is 2.71 bits per heavy atom. The highest BCUT2D eigenvalue weighted by Gasteiger charge is 2.31. The Kier molecular flexibility index (Phi) is 3.43. The summed E-state index contributed by atoms with van der Waals surface area (Å²) in [6.45, 7) is 0.0236. The fraction of sp³-hybridized carbons (Fsp3) is 0.750. The normalized spacial score (nSPS) is 24.0. The average molecular weight is 203 g/mol. The number of hydrogen-bond acceptors (Lipinski definition) is 4. The minimum absolute atomic E-state index is 0.0919. The third kappa shape index (κ3) is 2.43. The van der Waals surface area contributed by atoms with E-state index in [4.69, 9.17) is 15.3 Å². The summed E-state index contributed by atoms with van der Waals surface area (Å²) in [6.07, 6.45) is -1.32. The van der Waals surface area contributed by atoms with Gasteiger partial charge >= 0.3 is 5.97 Å². The van der Waals surface area contributed by atoms with Crippen LogP contribution in [0.25, 0.3) is 0 Å². The first-order valence-electron chi connectivity index (χ1n) is 4.34. The molecule has 0 radical (unpaired) electrons. The Morgan fingerprint density at radius 2 is 2.29 bits per heavy atom. The van der Waals surface area contributed by atoms with E-state index in [1.807, 2.05) is 0 Å². The summed E-state index contributed by atoms with van der Waals surface area (Å²) in [5, 5.41) is 26.2. The number of amides is 1. The summed E-state index contributed by atoms with van der Waals surface area (Å²) in [5.41, 5.74) is 0. The van der Waals surface area contributed by atoms with Crippen molar-refractivity contribution in [3.8, 4) is 0 Å². The van der Waals surface area contributed by atoms with E-state index in [-0.39, 0.29) is 31.4 Å². The summed E-state index contributed by atoms with van der Waals surface area (Å²) in [4.78, 5) is 22.8. The standard InChI is InChI=1S/C8H13NO5/c10-4-5-1-7(12)9(2-5)3-6(11)8(13)14/h5-6,10-11H,1-4H2,(H,13,14)/t5?,6-/m0/s1. The van der Waals surface area contributed by atoms with Gasteiger partial charge in [0.2, 0.25) is 5.91 Å². The summed E-state index contributed by atoms with van der Waals surface area (Å²) >= 11 is 0. The van der Waals surface area contributed by atoms with Gasteiger partial charge < -0.3 is 20.2 Å². The molecule has 0 aromatic heterocycles. The Bertz CT molecular complexity index is 242. The van der Waals surface area contributed by atoms with Crippen molar-refractivity contribution in [1.29, 1.82) is 0 Å². The zero-order valence-electron chi connectivity index (χ0n) is 7.59. The first-order chi connectivity index (χ1) is 6.54. The van der Waals surface area contributed by atoms with E-state index in [0.29, 0.717) is 6.54 Å². The third-order valence-corrected chi connectivity index (χ3v) is 2.23. The number of likely N-dealkylation sites (tertiary alicyclic amines) is 1. The number of carbonyl (C=O) groups excluding carboxylic acids is 1. The molecule has 2 atom stereocenters. The predicted octanol–water partition coefficient (Wildman–Crippen LogP) is -1.73. The summed E-state index contributed by atoms with van der Waals surface area (Å²) in [6, 6.07) is 0.